The second-order valence-corrected chi connectivity index (χ2v) is 4.96. The fraction of sp³-hybridized carbons (Fsp3) is 0.333. The number of fused-ring (bicyclic) bond motifs is 1. The van der Waals surface area contributed by atoms with E-state index in [1.165, 1.54) is 4.80 Å². The largest absolute Gasteiger partial charge is 0.353 e. The molecular weight excluding hydrogens is 280 g/mol. The van der Waals surface area contributed by atoms with E-state index in [1.54, 1.807) is 6.20 Å². The summed E-state index contributed by atoms with van der Waals surface area (Å²) < 4.78 is 2.04. The van der Waals surface area contributed by atoms with E-state index in [2.05, 4.69) is 27.4 Å². The summed E-state index contributed by atoms with van der Waals surface area (Å²) in [5, 5.41) is 11.4. The first-order valence-corrected chi connectivity index (χ1v) is 7.33. The molecule has 0 radical (unpaired) electrons. The van der Waals surface area contributed by atoms with Gasteiger partial charge in [-0.2, -0.15) is 15.0 Å². The van der Waals surface area contributed by atoms with Gasteiger partial charge in [0.1, 0.15) is 23.4 Å². The van der Waals surface area contributed by atoms with Crippen LogP contribution in [0.4, 0.5) is 0 Å². The summed E-state index contributed by atoms with van der Waals surface area (Å²) in [6, 6.07) is 7.56. The van der Waals surface area contributed by atoms with E-state index in [-0.39, 0.29) is 12.5 Å². The lowest BCUT2D eigenvalue weighted by Crippen LogP contribution is -2.31. The maximum Gasteiger partial charge on any atom is 0.243 e. The normalized spacial score (nSPS) is 11.0. The molecule has 0 unspecified atom stereocenters. The highest BCUT2D eigenvalue weighted by Gasteiger charge is 2.07. The quantitative estimate of drug-likeness (QED) is 0.736. The average Bonchev–Trinajstić information content (AvgIpc) is 3.12. The number of imidazole rings is 1. The second kappa shape index (κ2) is 6.38. The number of aryl methyl sites for hydroxylation is 1. The summed E-state index contributed by atoms with van der Waals surface area (Å²) in [7, 11) is 0. The van der Waals surface area contributed by atoms with Gasteiger partial charge < -0.3 is 9.88 Å². The molecule has 7 nitrogen and oxygen atoms in total. The molecule has 0 aliphatic carbocycles. The molecule has 0 aliphatic rings. The van der Waals surface area contributed by atoms with E-state index in [9.17, 15) is 4.79 Å². The van der Waals surface area contributed by atoms with Crippen LogP contribution in [0, 0.1) is 0 Å². The van der Waals surface area contributed by atoms with Crippen LogP contribution in [0.15, 0.2) is 36.7 Å². The Balaban J connectivity index is 1.52. The molecule has 114 valence electrons. The fourth-order valence-corrected chi connectivity index (χ4v) is 2.33. The fourth-order valence-electron chi connectivity index (χ4n) is 2.33. The van der Waals surface area contributed by atoms with Gasteiger partial charge in [0.25, 0.3) is 0 Å². The van der Waals surface area contributed by atoms with Gasteiger partial charge >= 0.3 is 0 Å². The van der Waals surface area contributed by atoms with Crippen molar-refractivity contribution in [2.45, 2.75) is 26.4 Å². The lowest BCUT2D eigenvalue weighted by Gasteiger charge is -2.07. The predicted octanol–water partition coefficient (Wildman–Crippen LogP) is 1.01. The van der Waals surface area contributed by atoms with Gasteiger partial charge in [-0.1, -0.05) is 19.1 Å². The highest BCUT2D eigenvalue weighted by molar-refractivity contribution is 5.76. The Morgan fingerprint density at radius 2 is 1.95 bits per heavy atom. The molecule has 1 N–H and O–H groups in total. The Hall–Kier alpha value is -2.70. The Labute approximate surface area is 128 Å². The number of benzene rings is 1. The molecule has 0 atom stereocenters. The molecule has 22 heavy (non-hydrogen) atoms. The molecule has 0 saturated heterocycles. The van der Waals surface area contributed by atoms with Gasteiger partial charge in [-0.15, -0.1) is 0 Å². The molecule has 2 aromatic heterocycles. The molecule has 7 heteroatoms. The van der Waals surface area contributed by atoms with Gasteiger partial charge in [0.05, 0.1) is 0 Å². The highest BCUT2D eigenvalue weighted by atomic mass is 16.2. The first kappa shape index (κ1) is 14.2. The van der Waals surface area contributed by atoms with Crippen LogP contribution in [0.25, 0.3) is 11.0 Å². The van der Waals surface area contributed by atoms with E-state index in [0.717, 1.165) is 23.3 Å². The van der Waals surface area contributed by atoms with Crippen LogP contribution < -0.4 is 5.32 Å². The van der Waals surface area contributed by atoms with Crippen molar-refractivity contribution in [1.29, 1.82) is 0 Å². The van der Waals surface area contributed by atoms with Gasteiger partial charge in [0.15, 0.2) is 0 Å². The van der Waals surface area contributed by atoms with Gasteiger partial charge in [-0.05, 0) is 12.1 Å². The van der Waals surface area contributed by atoms with Crippen LogP contribution in [-0.2, 0) is 24.3 Å². The average molecular weight is 298 g/mol. The highest BCUT2D eigenvalue weighted by Crippen LogP contribution is 2.06. The predicted molar refractivity (Wildman–Crippen MR) is 82.1 cm³/mol. The Kier molecular flexibility index (Phi) is 4.13. The van der Waals surface area contributed by atoms with E-state index in [0.29, 0.717) is 13.1 Å². The summed E-state index contributed by atoms with van der Waals surface area (Å²) in [5.74, 6) is 0.924. The van der Waals surface area contributed by atoms with E-state index in [4.69, 9.17) is 0 Å². The summed E-state index contributed by atoms with van der Waals surface area (Å²) in [4.78, 5) is 17.6. The Morgan fingerprint density at radius 3 is 2.64 bits per heavy atom. The van der Waals surface area contributed by atoms with E-state index in [1.807, 2.05) is 35.0 Å². The Bertz CT molecular complexity index is 742. The molecule has 0 spiro atoms. The van der Waals surface area contributed by atoms with Gasteiger partial charge in [-0.3, -0.25) is 4.79 Å². The van der Waals surface area contributed by atoms with Crippen molar-refractivity contribution in [3.8, 4) is 0 Å². The molecule has 0 aliphatic heterocycles. The number of aromatic nitrogens is 5. The minimum Gasteiger partial charge on any atom is -0.353 e. The van der Waals surface area contributed by atoms with Crippen LogP contribution in [0.3, 0.4) is 0 Å². The molecule has 3 rings (SSSR count). The zero-order chi connectivity index (χ0) is 15.4. The third-order valence-corrected chi connectivity index (χ3v) is 3.41. The van der Waals surface area contributed by atoms with E-state index < -0.39 is 0 Å². The lowest BCUT2D eigenvalue weighted by molar-refractivity contribution is -0.122. The van der Waals surface area contributed by atoms with Gasteiger partial charge in [0.2, 0.25) is 5.91 Å². The van der Waals surface area contributed by atoms with Crippen molar-refractivity contribution in [3.63, 3.8) is 0 Å². The molecule has 1 aromatic carbocycles. The van der Waals surface area contributed by atoms with Crippen LogP contribution in [0.2, 0.25) is 0 Å². The maximum atomic E-state index is 11.9. The summed E-state index contributed by atoms with van der Waals surface area (Å²) >= 11 is 0. The molecule has 2 heterocycles. The van der Waals surface area contributed by atoms with Crippen LogP contribution in [0.1, 0.15) is 12.7 Å². The number of hydrogen-bond donors (Lipinski definition) is 1. The molecule has 3 aromatic rings. The molecule has 0 fully saturated rings. The monoisotopic (exact) mass is 298 g/mol. The van der Waals surface area contributed by atoms with Crippen molar-refractivity contribution >= 4 is 16.9 Å². The second-order valence-electron chi connectivity index (χ2n) is 4.96. The third kappa shape index (κ3) is 3.13. The smallest absolute Gasteiger partial charge is 0.243 e. The van der Waals surface area contributed by atoms with Crippen LogP contribution in [0.5, 0.6) is 0 Å². The SMILES string of the molecule is CCc1nccn1CCNC(=O)Cn1nc2ccccc2n1. The number of nitrogens with one attached hydrogen (secondary N) is 1. The van der Waals surface area contributed by atoms with Crippen molar-refractivity contribution < 1.29 is 4.79 Å². The number of hydrogen-bond acceptors (Lipinski definition) is 4. The minimum absolute atomic E-state index is 0.0986. The molecular formula is C15H18N6O. The number of rotatable bonds is 6. The topological polar surface area (TPSA) is 77.6 Å². The maximum absolute atomic E-state index is 11.9. The summed E-state index contributed by atoms with van der Waals surface area (Å²) in [5.41, 5.74) is 1.59. The lowest BCUT2D eigenvalue weighted by atomic mass is 10.3. The number of nitrogens with zero attached hydrogens (tertiary/aromatic N) is 5. The summed E-state index contributed by atoms with van der Waals surface area (Å²) in [6.07, 6.45) is 4.58. The Morgan fingerprint density at radius 1 is 1.23 bits per heavy atom. The zero-order valence-corrected chi connectivity index (χ0v) is 12.4. The van der Waals surface area contributed by atoms with Gasteiger partial charge in [-0.25, -0.2) is 4.98 Å². The molecule has 0 bridgehead atoms. The van der Waals surface area contributed by atoms with Crippen LogP contribution in [-0.4, -0.2) is 37.0 Å². The van der Waals surface area contributed by atoms with E-state index >= 15 is 0 Å². The number of carbonyl (C=O) groups excluding carboxylic acids is 1. The van der Waals surface area contributed by atoms with Gasteiger partial charge in [0, 0.05) is 31.9 Å². The van der Waals surface area contributed by atoms with Crippen molar-refractivity contribution in [1.82, 2.24) is 29.9 Å². The zero-order valence-electron chi connectivity index (χ0n) is 12.4. The first-order valence-electron chi connectivity index (χ1n) is 7.33. The molecule has 0 saturated carbocycles. The third-order valence-electron chi connectivity index (χ3n) is 3.41. The standard InChI is InChI=1S/C15H18N6O/c1-2-14-16-7-9-20(14)10-8-17-15(22)11-21-18-12-5-3-4-6-13(12)19-21/h3-7,9H,2,8,10-11H2,1H3,(H,17,22). The van der Waals surface area contributed by atoms with Crippen LogP contribution >= 0.6 is 0 Å². The summed E-state index contributed by atoms with van der Waals surface area (Å²) in [6.45, 7) is 3.46. The van der Waals surface area contributed by atoms with Crippen molar-refractivity contribution in [2.75, 3.05) is 6.54 Å². The van der Waals surface area contributed by atoms with Crippen molar-refractivity contribution in [2.24, 2.45) is 0 Å². The number of amides is 1. The van der Waals surface area contributed by atoms with Crippen molar-refractivity contribution in [3.05, 3.63) is 42.5 Å². The minimum atomic E-state index is -0.0986. The first-order chi connectivity index (χ1) is 10.8. The molecule has 1 amide bonds. The number of carbonyl (C=O) groups is 1.